The molecule has 0 aliphatic carbocycles. The lowest BCUT2D eigenvalue weighted by Gasteiger charge is -2.13. The van der Waals surface area contributed by atoms with E-state index in [0.717, 1.165) is 18.4 Å². The quantitative estimate of drug-likeness (QED) is 0.786. The van der Waals surface area contributed by atoms with Crippen LogP contribution < -0.4 is 0 Å². The van der Waals surface area contributed by atoms with Crippen LogP contribution in [0.4, 0.5) is 0 Å². The molecule has 0 bridgehead atoms. The monoisotopic (exact) mass is 274 g/mol. The van der Waals surface area contributed by atoms with Gasteiger partial charge in [-0.1, -0.05) is 11.6 Å². The molecule has 1 aliphatic heterocycles. The van der Waals surface area contributed by atoms with Crippen molar-refractivity contribution < 1.29 is 8.42 Å². The first-order valence-corrected chi connectivity index (χ1v) is 7.73. The standard InChI is InChI=1S/C11H15ClN2O2S/c1-17(15,16)14-5-3-10(8-14)6-9-2-4-13-11(12)7-9/h2,4,7,10H,3,5-6,8H2,1H3. The van der Waals surface area contributed by atoms with E-state index < -0.39 is 10.0 Å². The maximum Gasteiger partial charge on any atom is 0.211 e. The number of rotatable bonds is 3. The van der Waals surface area contributed by atoms with E-state index in [-0.39, 0.29) is 0 Å². The topological polar surface area (TPSA) is 50.3 Å². The summed E-state index contributed by atoms with van der Waals surface area (Å²) in [5.41, 5.74) is 1.12. The summed E-state index contributed by atoms with van der Waals surface area (Å²) in [4.78, 5) is 3.93. The second-order valence-corrected chi connectivity index (χ2v) is 6.84. The van der Waals surface area contributed by atoms with Crippen molar-refractivity contribution in [3.05, 3.63) is 29.0 Å². The van der Waals surface area contributed by atoms with E-state index in [1.807, 2.05) is 12.1 Å². The van der Waals surface area contributed by atoms with Crippen LogP contribution in [0.15, 0.2) is 18.3 Å². The van der Waals surface area contributed by atoms with Gasteiger partial charge in [0.2, 0.25) is 10.0 Å². The molecule has 0 spiro atoms. The molecule has 6 heteroatoms. The maximum atomic E-state index is 11.4. The summed E-state index contributed by atoms with van der Waals surface area (Å²) in [7, 11) is -3.04. The highest BCUT2D eigenvalue weighted by molar-refractivity contribution is 7.88. The van der Waals surface area contributed by atoms with E-state index in [2.05, 4.69) is 4.98 Å². The minimum atomic E-state index is -3.04. The van der Waals surface area contributed by atoms with E-state index >= 15 is 0 Å². The SMILES string of the molecule is CS(=O)(=O)N1CCC(Cc2ccnc(Cl)c2)C1. The van der Waals surface area contributed by atoms with Gasteiger partial charge in [0.15, 0.2) is 0 Å². The summed E-state index contributed by atoms with van der Waals surface area (Å²) >= 11 is 5.81. The Hall–Kier alpha value is -0.650. The van der Waals surface area contributed by atoms with Crippen LogP contribution in [0.2, 0.25) is 5.15 Å². The molecule has 1 aromatic heterocycles. The molecule has 4 nitrogen and oxygen atoms in total. The van der Waals surface area contributed by atoms with Gasteiger partial charge in [-0.25, -0.2) is 17.7 Å². The molecule has 1 aromatic rings. The van der Waals surface area contributed by atoms with Crippen LogP contribution in [0.1, 0.15) is 12.0 Å². The molecule has 1 saturated heterocycles. The van der Waals surface area contributed by atoms with Gasteiger partial charge in [-0.05, 0) is 36.5 Å². The lowest BCUT2D eigenvalue weighted by atomic mass is 10.00. The van der Waals surface area contributed by atoms with Crippen molar-refractivity contribution in [1.29, 1.82) is 0 Å². The normalized spacial score (nSPS) is 21.9. The van der Waals surface area contributed by atoms with E-state index in [9.17, 15) is 8.42 Å². The molecule has 2 heterocycles. The number of aromatic nitrogens is 1. The molecule has 94 valence electrons. The predicted molar refractivity (Wildman–Crippen MR) is 67.5 cm³/mol. The third-order valence-electron chi connectivity index (χ3n) is 3.03. The van der Waals surface area contributed by atoms with Crippen LogP contribution in [0.25, 0.3) is 0 Å². The molecule has 0 radical (unpaired) electrons. The summed E-state index contributed by atoms with van der Waals surface area (Å²) in [5, 5.41) is 0.487. The second-order valence-electron chi connectivity index (χ2n) is 4.47. The van der Waals surface area contributed by atoms with Gasteiger partial charge >= 0.3 is 0 Å². The lowest BCUT2D eigenvalue weighted by Crippen LogP contribution is -2.27. The largest absolute Gasteiger partial charge is 0.245 e. The summed E-state index contributed by atoms with van der Waals surface area (Å²) in [6.07, 6.45) is 4.71. The summed E-state index contributed by atoms with van der Waals surface area (Å²) < 4.78 is 24.3. The molecule has 1 unspecified atom stereocenters. The van der Waals surface area contributed by atoms with Crippen molar-refractivity contribution in [3.63, 3.8) is 0 Å². The van der Waals surface area contributed by atoms with Gasteiger partial charge in [0, 0.05) is 19.3 Å². The molecule has 0 saturated carbocycles. The first-order valence-electron chi connectivity index (χ1n) is 5.51. The fourth-order valence-electron chi connectivity index (χ4n) is 2.17. The highest BCUT2D eigenvalue weighted by atomic mass is 35.5. The number of pyridine rings is 1. The predicted octanol–water partition coefficient (Wildman–Crippen LogP) is 1.56. The van der Waals surface area contributed by atoms with Crippen molar-refractivity contribution in [2.75, 3.05) is 19.3 Å². The van der Waals surface area contributed by atoms with E-state index in [1.165, 1.54) is 6.26 Å². The molecule has 0 aromatic carbocycles. The van der Waals surface area contributed by atoms with Gasteiger partial charge in [0.05, 0.1) is 6.26 Å². The zero-order valence-electron chi connectivity index (χ0n) is 9.63. The lowest BCUT2D eigenvalue weighted by molar-refractivity contribution is 0.460. The first-order chi connectivity index (χ1) is 7.95. The number of hydrogen-bond acceptors (Lipinski definition) is 3. The Morgan fingerprint density at radius 3 is 2.94 bits per heavy atom. The summed E-state index contributed by atoms with van der Waals surface area (Å²) in [6, 6.07) is 3.76. The molecule has 0 N–H and O–H groups in total. The van der Waals surface area contributed by atoms with E-state index in [0.29, 0.717) is 24.2 Å². The van der Waals surface area contributed by atoms with Gasteiger partial charge in [-0.3, -0.25) is 0 Å². The van der Waals surface area contributed by atoms with Crippen LogP contribution in [-0.2, 0) is 16.4 Å². The van der Waals surface area contributed by atoms with Gasteiger partial charge < -0.3 is 0 Å². The Bertz CT molecular complexity index is 504. The molecule has 0 amide bonds. The highest BCUT2D eigenvalue weighted by Crippen LogP contribution is 2.23. The molecular formula is C11H15ClN2O2S. The third-order valence-corrected chi connectivity index (χ3v) is 4.51. The van der Waals surface area contributed by atoms with Crippen LogP contribution in [0.3, 0.4) is 0 Å². The number of hydrogen-bond donors (Lipinski definition) is 0. The Labute approximate surface area is 107 Å². The zero-order chi connectivity index (χ0) is 12.5. The first kappa shape index (κ1) is 12.8. The van der Waals surface area contributed by atoms with Gasteiger partial charge in [0.25, 0.3) is 0 Å². The summed E-state index contributed by atoms with van der Waals surface area (Å²) in [6.45, 7) is 1.24. The molecule has 2 rings (SSSR count). The van der Waals surface area contributed by atoms with Gasteiger partial charge in [-0.15, -0.1) is 0 Å². The number of nitrogens with zero attached hydrogens (tertiary/aromatic N) is 2. The Kier molecular flexibility index (Phi) is 3.70. The van der Waals surface area contributed by atoms with Crippen molar-refractivity contribution in [2.45, 2.75) is 12.8 Å². The number of sulfonamides is 1. The van der Waals surface area contributed by atoms with E-state index in [4.69, 9.17) is 11.6 Å². The van der Waals surface area contributed by atoms with Crippen molar-refractivity contribution in [3.8, 4) is 0 Å². The smallest absolute Gasteiger partial charge is 0.211 e. The maximum absolute atomic E-state index is 11.4. The van der Waals surface area contributed by atoms with Gasteiger partial charge in [-0.2, -0.15) is 0 Å². The molecule has 1 atom stereocenters. The molecular weight excluding hydrogens is 260 g/mol. The van der Waals surface area contributed by atoms with Crippen molar-refractivity contribution >= 4 is 21.6 Å². The van der Waals surface area contributed by atoms with Crippen LogP contribution in [-0.4, -0.2) is 37.1 Å². The third kappa shape index (κ3) is 3.40. The van der Waals surface area contributed by atoms with Crippen molar-refractivity contribution in [1.82, 2.24) is 9.29 Å². The molecule has 1 fully saturated rings. The average Bonchev–Trinajstić information content (AvgIpc) is 2.65. The Morgan fingerprint density at radius 1 is 1.59 bits per heavy atom. The minimum Gasteiger partial charge on any atom is -0.245 e. The Balaban J connectivity index is 1.99. The van der Waals surface area contributed by atoms with Gasteiger partial charge in [0.1, 0.15) is 5.15 Å². The van der Waals surface area contributed by atoms with Crippen molar-refractivity contribution in [2.24, 2.45) is 5.92 Å². The van der Waals surface area contributed by atoms with E-state index in [1.54, 1.807) is 10.5 Å². The van der Waals surface area contributed by atoms with Crippen LogP contribution in [0.5, 0.6) is 0 Å². The average molecular weight is 275 g/mol. The van der Waals surface area contributed by atoms with Crippen LogP contribution >= 0.6 is 11.6 Å². The fourth-order valence-corrected chi connectivity index (χ4v) is 3.28. The summed E-state index contributed by atoms with van der Waals surface area (Å²) in [5.74, 6) is 0.378. The fraction of sp³-hybridized carbons (Fsp3) is 0.545. The highest BCUT2D eigenvalue weighted by Gasteiger charge is 2.28. The Morgan fingerprint density at radius 2 is 2.35 bits per heavy atom. The minimum absolute atomic E-state index is 0.378. The molecule has 17 heavy (non-hydrogen) atoms. The second kappa shape index (κ2) is 4.92. The van der Waals surface area contributed by atoms with Crippen LogP contribution in [0, 0.1) is 5.92 Å². The molecule has 1 aliphatic rings. The zero-order valence-corrected chi connectivity index (χ0v) is 11.2. The number of halogens is 1.